The second-order valence-corrected chi connectivity index (χ2v) is 8.59. The number of esters is 1. The number of fused-ring (bicyclic) bond motifs is 1. The first-order chi connectivity index (χ1) is 16.9. The van der Waals surface area contributed by atoms with Crippen molar-refractivity contribution in [3.63, 3.8) is 0 Å². The fourth-order valence-corrected chi connectivity index (χ4v) is 4.87. The summed E-state index contributed by atoms with van der Waals surface area (Å²) in [6.45, 7) is 2.26. The van der Waals surface area contributed by atoms with Gasteiger partial charge in [0.15, 0.2) is 5.17 Å². The molecule has 0 saturated heterocycles. The van der Waals surface area contributed by atoms with Gasteiger partial charge < -0.3 is 15.0 Å². The van der Waals surface area contributed by atoms with Crippen LogP contribution in [-0.2, 0) is 20.9 Å². The van der Waals surface area contributed by atoms with Gasteiger partial charge in [-0.15, -0.1) is 0 Å². The van der Waals surface area contributed by atoms with E-state index in [1.54, 1.807) is 24.5 Å². The van der Waals surface area contributed by atoms with Gasteiger partial charge in [0.1, 0.15) is 0 Å². The number of methoxy groups -OCH3 is 1. The predicted octanol–water partition coefficient (Wildman–Crippen LogP) is 3.83. The number of allylic oxidation sites excluding steroid dienone is 1. The number of aliphatic imine (C=N–C) groups is 1. The van der Waals surface area contributed by atoms with Gasteiger partial charge in [0.2, 0.25) is 5.91 Å². The minimum absolute atomic E-state index is 0.0557. The molecule has 10 nitrogen and oxygen atoms in total. The minimum Gasteiger partial charge on any atom is -0.466 e. The Bertz CT molecular complexity index is 1240. The molecule has 0 saturated carbocycles. The number of pyridine rings is 1. The van der Waals surface area contributed by atoms with Crippen LogP contribution in [0, 0.1) is 10.1 Å². The zero-order valence-corrected chi connectivity index (χ0v) is 19.9. The molecule has 1 atom stereocenters. The fraction of sp³-hybridized carbons (Fsp3) is 0.250. The Morgan fingerprint density at radius 1 is 1.20 bits per heavy atom. The maximum atomic E-state index is 12.9. The van der Waals surface area contributed by atoms with E-state index in [0.29, 0.717) is 40.7 Å². The number of rotatable bonds is 8. The number of amidine groups is 1. The van der Waals surface area contributed by atoms with Crippen molar-refractivity contribution >= 4 is 34.5 Å². The second-order valence-electron chi connectivity index (χ2n) is 7.76. The smallest absolute Gasteiger partial charge is 0.338 e. The summed E-state index contributed by atoms with van der Waals surface area (Å²) < 4.78 is 5.08. The van der Waals surface area contributed by atoms with Gasteiger partial charge in [-0.25, -0.2) is 9.79 Å². The Morgan fingerprint density at radius 3 is 2.54 bits per heavy atom. The molecule has 35 heavy (non-hydrogen) atoms. The molecule has 1 aromatic heterocycles. The molecule has 0 bridgehead atoms. The molecule has 1 amide bonds. The average Bonchev–Trinajstić information content (AvgIpc) is 3.28. The van der Waals surface area contributed by atoms with Crippen molar-refractivity contribution in [3.8, 4) is 0 Å². The van der Waals surface area contributed by atoms with Crippen LogP contribution in [0.2, 0.25) is 0 Å². The number of hydrogen-bond acceptors (Lipinski definition) is 9. The number of carbonyl (C=O) groups is 2. The topological polar surface area (TPSA) is 127 Å². The number of non-ortho nitro benzene ring substituents is 1. The third-order valence-electron chi connectivity index (χ3n) is 5.63. The number of amides is 1. The van der Waals surface area contributed by atoms with Gasteiger partial charge in [-0.3, -0.25) is 19.9 Å². The van der Waals surface area contributed by atoms with E-state index in [4.69, 9.17) is 4.74 Å². The Morgan fingerprint density at radius 2 is 1.91 bits per heavy atom. The Hall–Kier alpha value is -3.99. The van der Waals surface area contributed by atoms with Crippen LogP contribution in [0.1, 0.15) is 36.9 Å². The van der Waals surface area contributed by atoms with Crippen molar-refractivity contribution in [1.29, 1.82) is 0 Å². The minimum atomic E-state index is -0.639. The molecule has 0 spiro atoms. The largest absolute Gasteiger partial charge is 0.466 e. The molecule has 1 unspecified atom stereocenters. The fourth-order valence-electron chi connectivity index (χ4n) is 3.93. The van der Waals surface area contributed by atoms with E-state index in [2.05, 4.69) is 15.3 Å². The molecule has 11 heteroatoms. The molecular formula is C24H23N5O5S. The van der Waals surface area contributed by atoms with Crippen LogP contribution in [0.3, 0.4) is 0 Å². The van der Waals surface area contributed by atoms with Gasteiger partial charge in [0, 0.05) is 36.8 Å². The highest BCUT2D eigenvalue weighted by Gasteiger charge is 2.41. The first kappa shape index (κ1) is 24.1. The number of nitrogens with one attached hydrogen (secondary N) is 1. The van der Waals surface area contributed by atoms with Crippen LogP contribution in [0.5, 0.6) is 0 Å². The lowest BCUT2D eigenvalue weighted by Crippen LogP contribution is -2.38. The average molecular weight is 494 g/mol. The number of carbonyl (C=O) groups excluding carboxylic acids is 2. The summed E-state index contributed by atoms with van der Waals surface area (Å²) in [5.41, 5.74) is 3.12. The summed E-state index contributed by atoms with van der Waals surface area (Å²) in [5.74, 6) is -0.728. The molecule has 1 aromatic carbocycles. The van der Waals surface area contributed by atoms with Crippen LogP contribution in [-0.4, -0.2) is 39.0 Å². The molecule has 0 fully saturated rings. The van der Waals surface area contributed by atoms with E-state index in [0.717, 1.165) is 5.56 Å². The molecule has 2 aliphatic rings. The van der Waals surface area contributed by atoms with Crippen molar-refractivity contribution in [2.24, 2.45) is 4.99 Å². The zero-order chi connectivity index (χ0) is 24.9. The summed E-state index contributed by atoms with van der Waals surface area (Å²) in [5, 5.41) is 16.5. The maximum Gasteiger partial charge on any atom is 0.338 e. The molecule has 0 radical (unpaired) electrons. The van der Waals surface area contributed by atoms with Gasteiger partial charge in [-0.1, -0.05) is 18.7 Å². The predicted molar refractivity (Wildman–Crippen MR) is 131 cm³/mol. The highest BCUT2D eigenvalue weighted by molar-refractivity contribution is 8.16. The van der Waals surface area contributed by atoms with Crippen LogP contribution < -0.4 is 5.32 Å². The molecule has 3 heterocycles. The van der Waals surface area contributed by atoms with E-state index in [1.165, 1.54) is 31.0 Å². The van der Waals surface area contributed by atoms with E-state index in [9.17, 15) is 19.7 Å². The summed E-state index contributed by atoms with van der Waals surface area (Å²) in [7, 11) is 1.30. The molecule has 4 rings (SSSR count). The molecule has 2 aliphatic heterocycles. The lowest BCUT2D eigenvalue weighted by molar-refractivity contribution is -0.384. The highest BCUT2D eigenvalue weighted by atomic mass is 32.2. The normalized spacial score (nSPS) is 16.9. The second kappa shape index (κ2) is 10.5. The monoisotopic (exact) mass is 493 g/mol. The van der Waals surface area contributed by atoms with Gasteiger partial charge >= 0.3 is 5.97 Å². The van der Waals surface area contributed by atoms with Gasteiger partial charge in [-0.2, -0.15) is 0 Å². The number of thioether (sulfide) groups is 1. The van der Waals surface area contributed by atoms with Crippen molar-refractivity contribution in [2.45, 2.75) is 32.4 Å². The molecule has 0 aliphatic carbocycles. The number of aromatic nitrogens is 1. The summed E-state index contributed by atoms with van der Waals surface area (Å²) >= 11 is 1.37. The van der Waals surface area contributed by atoms with Crippen molar-refractivity contribution in [3.05, 3.63) is 92.4 Å². The van der Waals surface area contributed by atoms with E-state index >= 15 is 0 Å². The van der Waals surface area contributed by atoms with Crippen LogP contribution in [0.25, 0.3) is 0 Å². The third kappa shape index (κ3) is 5.09. The number of nitro benzene ring substituents is 1. The quantitative estimate of drug-likeness (QED) is 0.334. The zero-order valence-electron chi connectivity index (χ0n) is 19.1. The van der Waals surface area contributed by atoms with Crippen molar-refractivity contribution < 1.29 is 19.2 Å². The summed E-state index contributed by atoms with van der Waals surface area (Å²) in [4.78, 5) is 46.8. The van der Waals surface area contributed by atoms with E-state index in [-0.39, 0.29) is 18.0 Å². The maximum absolute atomic E-state index is 12.9. The van der Waals surface area contributed by atoms with Gasteiger partial charge in [-0.05, 0) is 47.2 Å². The first-order valence-corrected chi connectivity index (χ1v) is 11.8. The van der Waals surface area contributed by atoms with Gasteiger partial charge in [0.25, 0.3) is 5.69 Å². The summed E-state index contributed by atoms with van der Waals surface area (Å²) in [6, 6.07) is 9.04. The standard InChI is InChI=1S/C24H23N5O5S/c1-3-19-21(23(31)34-2)22(16-4-6-17(7-5-16)29(32)33)28-18(14-35-24(28)27-19)12-20(30)26-13-15-8-10-25-11-9-15/h4-11,14,22H,3,12-13H2,1-2H3,(H,26,30). The highest BCUT2D eigenvalue weighted by Crippen LogP contribution is 2.45. The van der Waals surface area contributed by atoms with Crippen LogP contribution in [0.4, 0.5) is 5.69 Å². The third-order valence-corrected chi connectivity index (χ3v) is 6.52. The molecular weight excluding hydrogens is 470 g/mol. The summed E-state index contributed by atoms with van der Waals surface area (Å²) in [6.07, 6.45) is 3.88. The van der Waals surface area contributed by atoms with Crippen molar-refractivity contribution in [2.75, 3.05) is 7.11 Å². The van der Waals surface area contributed by atoms with Gasteiger partial charge in [0.05, 0.1) is 35.8 Å². The molecule has 1 N–H and O–H groups in total. The lowest BCUT2D eigenvalue weighted by atomic mass is 9.92. The van der Waals surface area contributed by atoms with Crippen molar-refractivity contribution in [1.82, 2.24) is 15.2 Å². The number of ether oxygens (including phenoxy) is 1. The number of nitrogens with zero attached hydrogens (tertiary/aromatic N) is 4. The number of hydrogen-bond donors (Lipinski definition) is 1. The number of nitro groups is 1. The molecule has 180 valence electrons. The van der Waals surface area contributed by atoms with Crippen LogP contribution in [0.15, 0.2) is 76.2 Å². The van der Waals surface area contributed by atoms with E-state index < -0.39 is 16.9 Å². The van der Waals surface area contributed by atoms with E-state index in [1.807, 2.05) is 29.4 Å². The lowest BCUT2D eigenvalue weighted by Gasteiger charge is -2.36. The van der Waals surface area contributed by atoms with Crippen LogP contribution >= 0.6 is 11.8 Å². The Balaban J connectivity index is 1.65. The first-order valence-electron chi connectivity index (χ1n) is 10.9. The Kier molecular flexibility index (Phi) is 7.25. The Labute approximate surface area is 205 Å². The SMILES string of the molecule is CCC1=C(C(=O)OC)C(c2ccc([N+](=O)[O-])cc2)N2C(CC(=O)NCc3ccncc3)=CSC2=N1. The number of benzene rings is 1. The molecule has 2 aromatic rings.